The zero-order valence-corrected chi connectivity index (χ0v) is 29.1. The van der Waals surface area contributed by atoms with Crippen molar-refractivity contribution in [3.63, 3.8) is 0 Å². The summed E-state index contributed by atoms with van der Waals surface area (Å²) >= 11 is 6.26. The highest BCUT2D eigenvalue weighted by Crippen LogP contribution is 2.46. The van der Waals surface area contributed by atoms with Gasteiger partial charge in [0.15, 0.2) is 6.61 Å². The molecule has 256 valence electrons. The average Bonchev–Trinajstić information content (AvgIpc) is 3.02. The number of hydrogen-bond acceptors (Lipinski definition) is 7. The first-order valence-corrected chi connectivity index (χ1v) is 18.3. The lowest BCUT2D eigenvalue weighted by Gasteiger charge is -2.49. The van der Waals surface area contributed by atoms with Crippen LogP contribution < -0.4 is 14.8 Å². The van der Waals surface area contributed by atoms with Crippen LogP contribution in [0.15, 0.2) is 72.8 Å². The molecule has 10 nitrogen and oxygen atoms in total. The number of ether oxygens (including phenoxy) is 2. The molecule has 2 amide bonds. The molecule has 1 aliphatic carbocycles. The van der Waals surface area contributed by atoms with Gasteiger partial charge in [-0.1, -0.05) is 66.9 Å². The molecule has 3 aromatic carbocycles. The van der Waals surface area contributed by atoms with E-state index in [0.717, 1.165) is 30.2 Å². The van der Waals surface area contributed by atoms with Gasteiger partial charge in [-0.3, -0.25) is 9.59 Å². The van der Waals surface area contributed by atoms with Crippen molar-refractivity contribution >= 4 is 39.4 Å². The quantitative estimate of drug-likeness (QED) is 0.267. The molecule has 2 N–H and O–H groups in total. The molecular weight excluding hydrogens is 654 g/mol. The number of esters is 1. The van der Waals surface area contributed by atoms with E-state index in [9.17, 15) is 22.8 Å². The molecule has 1 fully saturated rings. The van der Waals surface area contributed by atoms with E-state index in [1.165, 1.54) is 0 Å². The Morgan fingerprint density at radius 2 is 1.62 bits per heavy atom. The summed E-state index contributed by atoms with van der Waals surface area (Å²) in [6.45, 7) is 5.34. The molecule has 0 saturated heterocycles. The normalized spacial score (nSPS) is 21.3. The number of fused-ring (bicyclic) bond motifs is 1. The summed E-state index contributed by atoms with van der Waals surface area (Å²) in [5.41, 5.74) is 1.93. The van der Waals surface area contributed by atoms with Crippen LogP contribution in [0.1, 0.15) is 85.5 Å². The molecule has 1 aliphatic heterocycles. The van der Waals surface area contributed by atoms with Gasteiger partial charge in [0.2, 0.25) is 15.9 Å². The van der Waals surface area contributed by atoms with Crippen molar-refractivity contribution in [2.45, 2.75) is 82.6 Å². The molecule has 4 atom stereocenters. The zero-order valence-electron chi connectivity index (χ0n) is 27.6. The predicted molar refractivity (Wildman–Crippen MR) is 183 cm³/mol. The molecule has 0 unspecified atom stereocenters. The molecule has 0 bridgehead atoms. The second-order valence-corrected chi connectivity index (χ2v) is 15.6. The number of carbonyl (C=O) groups is 3. The first-order chi connectivity index (χ1) is 22.7. The first-order valence-electron chi connectivity index (χ1n) is 16.1. The number of carbonyl (C=O) groups excluding carboxylic acids is 3. The Bertz CT molecular complexity index is 1740. The van der Waals surface area contributed by atoms with Crippen LogP contribution in [0.5, 0.6) is 5.75 Å². The van der Waals surface area contributed by atoms with Crippen LogP contribution in [0.2, 0.25) is 5.02 Å². The van der Waals surface area contributed by atoms with E-state index in [4.69, 9.17) is 21.1 Å². The lowest BCUT2D eigenvalue weighted by molar-refractivity contribution is -0.157. The topological polar surface area (TPSA) is 131 Å². The molecule has 48 heavy (non-hydrogen) atoms. The molecule has 0 aromatic heterocycles. The Hall–Kier alpha value is -3.93. The minimum Gasteiger partial charge on any atom is -0.482 e. The molecule has 1 saturated carbocycles. The van der Waals surface area contributed by atoms with Crippen LogP contribution >= 0.6 is 11.6 Å². The molecule has 0 spiro atoms. The number of rotatable bonds is 10. The fourth-order valence-corrected chi connectivity index (χ4v) is 7.54. The van der Waals surface area contributed by atoms with E-state index in [0.29, 0.717) is 34.7 Å². The zero-order chi connectivity index (χ0) is 34.6. The van der Waals surface area contributed by atoms with Crippen LogP contribution in [0.25, 0.3) is 0 Å². The molecule has 0 radical (unpaired) electrons. The lowest BCUT2D eigenvalue weighted by Crippen LogP contribution is -2.59. The molecule has 1 heterocycles. The van der Waals surface area contributed by atoms with Crippen LogP contribution in [-0.2, 0) is 30.9 Å². The van der Waals surface area contributed by atoms with Crippen molar-refractivity contribution in [1.29, 1.82) is 0 Å². The first kappa shape index (κ1) is 35.4. The Morgan fingerprint density at radius 3 is 2.29 bits per heavy atom. The summed E-state index contributed by atoms with van der Waals surface area (Å²) in [6, 6.07) is 19.6. The Labute approximate surface area is 287 Å². The number of sulfonamides is 1. The van der Waals surface area contributed by atoms with E-state index in [-0.39, 0.29) is 25.0 Å². The molecule has 12 heteroatoms. The van der Waals surface area contributed by atoms with E-state index in [1.54, 1.807) is 74.2 Å². The van der Waals surface area contributed by atoms with Gasteiger partial charge in [0, 0.05) is 29.2 Å². The summed E-state index contributed by atoms with van der Waals surface area (Å²) in [4.78, 5) is 42.5. The van der Waals surface area contributed by atoms with E-state index < -0.39 is 45.6 Å². The minimum atomic E-state index is -3.57. The maximum Gasteiger partial charge on any atom is 0.344 e. The summed E-state index contributed by atoms with van der Waals surface area (Å²) in [6.07, 6.45) is 3.92. The fraction of sp³-hybridized carbons (Fsp3) is 0.417. The van der Waals surface area contributed by atoms with Crippen LogP contribution in [0.4, 0.5) is 0 Å². The maximum absolute atomic E-state index is 14.4. The van der Waals surface area contributed by atoms with Crippen molar-refractivity contribution in [2.75, 3.05) is 12.9 Å². The van der Waals surface area contributed by atoms with Gasteiger partial charge in [-0.25, -0.2) is 17.9 Å². The largest absolute Gasteiger partial charge is 0.482 e. The summed E-state index contributed by atoms with van der Waals surface area (Å²) in [5.74, 6) is -1.31. The SMILES string of the molecule is CC(C)(C)OC(=O)COc1ccc(CNC(=O)[C@@H]2c3ccccc3C(=O)N([C@H]3CCCC[C@@H]3NS(C)(=O)=O)[C@H]2c2ccc(Cl)cc2)cc1. The third-order valence-electron chi connectivity index (χ3n) is 8.49. The molecule has 5 rings (SSSR count). The fourth-order valence-electron chi connectivity index (χ4n) is 6.59. The van der Waals surface area contributed by atoms with Crippen molar-refractivity contribution in [3.05, 3.63) is 100 Å². The van der Waals surface area contributed by atoms with Gasteiger partial charge in [-0.05, 0) is 80.6 Å². The number of amides is 2. The summed E-state index contributed by atoms with van der Waals surface area (Å²) in [7, 11) is -3.57. The number of halogens is 1. The van der Waals surface area contributed by atoms with E-state index in [2.05, 4.69) is 10.0 Å². The highest BCUT2D eigenvalue weighted by molar-refractivity contribution is 7.88. The average molecular weight is 696 g/mol. The third-order valence-corrected chi connectivity index (χ3v) is 9.47. The lowest BCUT2D eigenvalue weighted by atomic mass is 9.76. The summed E-state index contributed by atoms with van der Waals surface area (Å²) in [5, 5.41) is 3.59. The van der Waals surface area contributed by atoms with Gasteiger partial charge >= 0.3 is 5.97 Å². The van der Waals surface area contributed by atoms with Crippen molar-refractivity contribution in [1.82, 2.24) is 14.9 Å². The highest BCUT2D eigenvalue weighted by atomic mass is 35.5. The van der Waals surface area contributed by atoms with Crippen molar-refractivity contribution < 1.29 is 32.3 Å². The van der Waals surface area contributed by atoms with Crippen molar-refractivity contribution in [3.8, 4) is 5.75 Å². The Kier molecular flexibility index (Phi) is 10.8. The standard InChI is InChI=1S/C36H42ClN3O7S/c1-36(2,3)47-31(41)22-46-26-19-13-23(14-20-26)21-38-34(42)32-27-9-5-6-10-28(27)35(43)40(33(32)24-15-17-25(37)18-16-24)30-12-8-7-11-29(30)39-48(4,44)45/h5-6,9-10,13-20,29-30,32-33,39H,7-8,11-12,21-22H2,1-4H3,(H,38,42)/t29-,30-,32+,33-/m0/s1. The van der Waals surface area contributed by atoms with Crippen LogP contribution in [0.3, 0.4) is 0 Å². The van der Waals surface area contributed by atoms with E-state index >= 15 is 0 Å². The van der Waals surface area contributed by atoms with Gasteiger partial charge in [0.05, 0.1) is 18.2 Å². The van der Waals surface area contributed by atoms with Gasteiger partial charge in [-0.15, -0.1) is 0 Å². The van der Waals surface area contributed by atoms with Gasteiger partial charge < -0.3 is 19.7 Å². The minimum absolute atomic E-state index is 0.201. The second kappa shape index (κ2) is 14.7. The summed E-state index contributed by atoms with van der Waals surface area (Å²) < 4.78 is 38.4. The Balaban J connectivity index is 1.43. The Morgan fingerprint density at radius 1 is 0.958 bits per heavy atom. The van der Waals surface area contributed by atoms with Gasteiger partial charge in [-0.2, -0.15) is 0 Å². The molecular formula is C36H42ClN3O7S. The number of benzene rings is 3. The second-order valence-electron chi connectivity index (χ2n) is 13.4. The number of hydrogen-bond donors (Lipinski definition) is 2. The van der Waals surface area contributed by atoms with Crippen LogP contribution in [-0.4, -0.2) is 61.6 Å². The third kappa shape index (κ3) is 8.75. The van der Waals surface area contributed by atoms with Gasteiger partial charge in [0.25, 0.3) is 5.91 Å². The van der Waals surface area contributed by atoms with Crippen LogP contribution in [0, 0.1) is 0 Å². The highest BCUT2D eigenvalue weighted by Gasteiger charge is 2.48. The smallest absolute Gasteiger partial charge is 0.344 e. The van der Waals surface area contributed by atoms with Crippen molar-refractivity contribution in [2.24, 2.45) is 0 Å². The maximum atomic E-state index is 14.4. The monoisotopic (exact) mass is 695 g/mol. The number of nitrogens with one attached hydrogen (secondary N) is 2. The molecule has 3 aromatic rings. The van der Waals surface area contributed by atoms with Gasteiger partial charge in [0.1, 0.15) is 11.4 Å². The predicted octanol–water partition coefficient (Wildman–Crippen LogP) is 5.52. The van der Waals surface area contributed by atoms with E-state index in [1.807, 2.05) is 24.3 Å². The number of nitrogens with zero attached hydrogens (tertiary/aromatic N) is 1. The molecule has 2 aliphatic rings.